The molecule has 0 bridgehead atoms. The van der Waals surface area contributed by atoms with E-state index in [1.807, 2.05) is 6.08 Å². The van der Waals surface area contributed by atoms with Crippen LogP contribution in [0.3, 0.4) is 0 Å². The highest BCUT2D eigenvalue weighted by molar-refractivity contribution is 5.70. The van der Waals surface area contributed by atoms with Crippen molar-refractivity contribution in [2.45, 2.75) is 6.42 Å². The lowest BCUT2D eigenvalue weighted by Crippen LogP contribution is -2.33. The molecule has 7 nitrogen and oxygen atoms in total. The molecule has 0 saturated heterocycles. The zero-order valence-electron chi connectivity index (χ0n) is 9.96. The fraction of sp³-hybridized carbons (Fsp3) is 0.364. The summed E-state index contributed by atoms with van der Waals surface area (Å²) in [6.45, 7) is 0.814. The van der Waals surface area contributed by atoms with Gasteiger partial charge in [0.05, 0.1) is 12.8 Å². The number of aromatic nitrogens is 2. The van der Waals surface area contributed by atoms with Gasteiger partial charge in [-0.05, 0) is 12.0 Å². The van der Waals surface area contributed by atoms with Crippen molar-refractivity contribution >= 4 is 17.5 Å². The third kappa shape index (κ3) is 2.34. The molecule has 0 aromatic carbocycles. The first-order valence-corrected chi connectivity index (χ1v) is 5.46. The third-order valence-electron chi connectivity index (χ3n) is 2.81. The summed E-state index contributed by atoms with van der Waals surface area (Å²) in [5.74, 6) is 0.714. The summed E-state index contributed by atoms with van der Waals surface area (Å²) >= 11 is 0. The highest BCUT2D eigenvalue weighted by atomic mass is 16.5. The Morgan fingerprint density at radius 1 is 1.56 bits per heavy atom. The van der Waals surface area contributed by atoms with E-state index in [1.54, 1.807) is 6.07 Å². The Labute approximate surface area is 104 Å². The van der Waals surface area contributed by atoms with Gasteiger partial charge in [0.15, 0.2) is 11.6 Å². The zero-order chi connectivity index (χ0) is 13.1. The predicted octanol–water partition coefficient (Wildman–Crippen LogP) is 0.835. The highest BCUT2D eigenvalue weighted by Crippen LogP contribution is 2.25. The van der Waals surface area contributed by atoms with Crippen LogP contribution < -0.4 is 10.5 Å². The summed E-state index contributed by atoms with van der Waals surface area (Å²) in [5, 5.41) is 16.6. The van der Waals surface area contributed by atoms with E-state index in [1.165, 1.54) is 12.0 Å². The molecule has 2 heterocycles. The monoisotopic (exact) mass is 250 g/mol. The van der Waals surface area contributed by atoms with E-state index in [4.69, 9.17) is 15.6 Å². The van der Waals surface area contributed by atoms with E-state index < -0.39 is 6.09 Å². The molecule has 0 spiro atoms. The molecule has 0 atom stereocenters. The van der Waals surface area contributed by atoms with E-state index in [0.717, 1.165) is 5.57 Å². The maximum absolute atomic E-state index is 10.8. The van der Waals surface area contributed by atoms with Crippen LogP contribution in [0.15, 0.2) is 12.1 Å². The lowest BCUT2D eigenvalue weighted by atomic mass is 10.0. The first kappa shape index (κ1) is 12.2. The van der Waals surface area contributed by atoms with Crippen LogP contribution in [0.2, 0.25) is 0 Å². The number of nitrogens with two attached hydrogens (primary N) is 1. The minimum atomic E-state index is -0.911. The van der Waals surface area contributed by atoms with E-state index >= 15 is 0 Å². The number of nitrogens with zero attached hydrogens (tertiary/aromatic N) is 3. The molecule has 1 aliphatic heterocycles. The van der Waals surface area contributed by atoms with Crippen molar-refractivity contribution in [3.8, 4) is 5.75 Å². The molecule has 1 aliphatic rings. The Hall–Kier alpha value is -2.31. The van der Waals surface area contributed by atoms with Crippen LogP contribution in [0.1, 0.15) is 12.1 Å². The van der Waals surface area contributed by atoms with Gasteiger partial charge in [-0.25, -0.2) is 4.79 Å². The van der Waals surface area contributed by atoms with Gasteiger partial charge in [-0.2, -0.15) is 0 Å². The Bertz CT molecular complexity index is 501. The molecule has 1 aromatic rings. The third-order valence-corrected chi connectivity index (χ3v) is 2.81. The maximum atomic E-state index is 10.8. The van der Waals surface area contributed by atoms with Crippen LogP contribution in [0.4, 0.5) is 10.6 Å². The first-order valence-electron chi connectivity index (χ1n) is 5.46. The van der Waals surface area contributed by atoms with Gasteiger partial charge >= 0.3 is 6.09 Å². The summed E-state index contributed by atoms with van der Waals surface area (Å²) in [4.78, 5) is 12.1. The summed E-state index contributed by atoms with van der Waals surface area (Å²) in [6.07, 6.45) is 1.52. The smallest absolute Gasteiger partial charge is 0.407 e. The molecule has 0 saturated carbocycles. The molecule has 2 rings (SSSR count). The minimum absolute atomic E-state index is 0.241. The van der Waals surface area contributed by atoms with Gasteiger partial charge in [-0.15, -0.1) is 10.2 Å². The van der Waals surface area contributed by atoms with Crippen molar-refractivity contribution < 1.29 is 14.6 Å². The predicted molar refractivity (Wildman–Crippen MR) is 65.2 cm³/mol. The molecule has 0 radical (unpaired) electrons. The van der Waals surface area contributed by atoms with E-state index in [2.05, 4.69) is 10.2 Å². The molecule has 18 heavy (non-hydrogen) atoms. The second kappa shape index (κ2) is 4.91. The van der Waals surface area contributed by atoms with Crippen LogP contribution in [-0.4, -0.2) is 46.5 Å². The maximum Gasteiger partial charge on any atom is 0.407 e. The molecule has 1 aromatic heterocycles. The number of anilines is 1. The van der Waals surface area contributed by atoms with Crippen molar-refractivity contribution in [1.29, 1.82) is 0 Å². The Morgan fingerprint density at radius 3 is 2.89 bits per heavy atom. The number of nitrogen functional groups attached to an aromatic ring is 1. The zero-order valence-corrected chi connectivity index (χ0v) is 9.96. The quantitative estimate of drug-likeness (QED) is 0.806. The molecule has 0 aliphatic carbocycles. The largest absolute Gasteiger partial charge is 0.493 e. The first-order chi connectivity index (χ1) is 8.61. The van der Waals surface area contributed by atoms with Gasteiger partial charge in [-0.3, -0.25) is 0 Å². The fourth-order valence-corrected chi connectivity index (χ4v) is 1.78. The molecule has 96 valence electrons. The molecule has 0 fully saturated rings. The van der Waals surface area contributed by atoms with E-state index in [9.17, 15) is 4.79 Å². The fourth-order valence-electron chi connectivity index (χ4n) is 1.78. The van der Waals surface area contributed by atoms with Crippen molar-refractivity contribution in [3.63, 3.8) is 0 Å². The van der Waals surface area contributed by atoms with Gasteiger partial charge in [0.1, 0.15) is 0 Å². The average Bonchev–Trinajstić information content (AvgIpc) is 2.39. The summed E-state index contributed by atoms with van der Waals surface area (Å²) in [5.41, 5.74) is 7.22. The van der Waals surface area contributed by atoms with Crippen molar-refractivity contribution in [3.05, 3.63) is 17.8 Å². The van der Waals surface area contributed by atoms with Gasteiger partial charge in [0.2, 0.25) is 0 Å². The normalized spacial score (nSPS) is 15.2. The van der Waals surface area contributed by atoms with Gasteiger partial charge in [0.25, 0.3) is 0 Å². The Morgan fingerprint density at radius 2 is 2.33 bits per heavy atom. The highest BCUT2D eigenvalue weighted by Gasteiger charge is 2.18. The number of rotatable bonds is 2. The number of amides is 1. The minimum Gasteiger partial charge on any atom is -0.493 e. The number of methoxy groups -OCH3 is 1. The van der Waals surface area contributed by atoms with Gasteiger partial charge in [0, 0.05) is 19.2 Å². The van der Waals surface area contributed by atoms with Gasteiger partial charge < -0.3 is 20.5 Å². The molecular weight excluding hydrogens is 236 g/mol. The second-order valence-corrected chi connectivity index (χ2v) is 3.89. The van der Waals surface area contributed by atoms with Gasteiger partial charge in [-0.1, -0.05) is 6.08 Å². The van der Waals surface area contributed by atoms with Crippen molar-refractivity contribution in [2.75, 3.05) is 25.9 Å². The molecule has 7 heteroatoms. The van der Waals surface area contributed by atoms with E-state index in [-0.39, 0.29) is 5.82 Å². The lowest BCUT2D eigenvalue weighted by molar-refractivity contribution is 0.150. The molecule has 3 N–H and O–H groups in total. The lowest BCUT2D eigenvalue weighted by Gasteiger charge is -2.23. The van der Waals surface area contributed by atoms with Crippen LogP contribution in [0.25, 0.3) is 5.57 Å². The van der Waals surface area contributed by atoms with Crippen molar-refractivity contribution in [1.82, 2.24) is 15.1 Å². The second-order valence-electron chi connectivity index (χ2n) is 3.89. The SMILES string of the molecule is COc1cc(C2=CCN(C(=O)O)CC2)nnc1N. The number of carbonyl (C=O) groups is 1. The number of ether oxygens (including phenoxy) is 1. The number of hydrogen-bond acceptors (Lipinski definition) is 5. The van der Waals surface area contributed by atoms with Crippen molar-refractivity contribution in [2.24, 2.45) is 0 Å². The summed E-state index contributed by atoms with van der Waals surface area (Å²) < 4.78 is 5.08. The topological polar surface area (TPSA) is 102 Å². The standard InChI is InChI=1S/C11H14N4O3/c1-18-9-6-8(13-14-10(9)12)7-2-4-15(5-3-7)11(16)17/h2,6H,3-5H2,1H3,(H2,12,14)(H,16,17). The average molecular weight is 250 g/mol. The Balaban J connectivity index is 2.20. The van der Waals surface area contributed by atoms with Crippen LogP contribution in [0.5, 0.6) is 5.75 Å². The number of carboxylic acid groups (broad SMARTS) is 1. The number of hydrogen-bond donors (Lipinski definition) is 2. The Kier molecular flexibility index (Phi) is 3.31. The summed E-state index contributed by atoms with van der Waals surface area (Å²) in [6, 6.07) is 1.71. The molecule has 1 amide bonds. The van der Waals surface area contributed by atoms with E-state index in [0.29, 0.717) is 31.0 Å². The summed E-state index contributed by atoms with van der Waals surface area (Å²) in [7, 11) is 1.51. The molecular formula is C11H14N4O3. The van der Waals surface area contributed by atoms with Crippen LogP contribution >= 0.6 is 0 Å². The van der Waals surface area contributed by atoms with Crippen LogP contribution in [-0.2, 0) is 0 Å². The van der Waals surface area contributed by atoms with Crippen LogP contribution in [0, 0.1) is 0 Å². The molecule has 0 unspecified atom stereocenters.